The van der Waals surface area contributed by atoms with Crippen molar-refractivity contribution in [1.82, 2.24) is 4.90 Å². The van der Waals surface area contributed by atoms with E-state index in [1.165, 1.54) is 7.11 Å². The third kappa shape index (κ3) is 4.05. The Balaban J connectivity index is 2.87. The third-order valence-corrected chi connectivity index (χ3v) is 2.64. The zero-order chi connectivity index (χ0) is 15.0. The monoisotopic (exact) mass is 276 g/mol. The van der Waals surface area contributed by atoms with Gasteiger partial charge in [-0.25, -0.2) is 4.79 Å². The smallest absolute Gasteiger partial charge is 0.322 e. The predicted molar refractivity (Wildman–Crippen MR) is 80.5 cm³/mol. The van der Waals surface area contributed by atoms with Crippen LogP contribution in [0.5, 0.6) is 11.5 Å². The minimum Gasteiger partial charge on any atom is -0.497 e. The van der Waals surface area contributed by atoms with Gasteiger partial charge >= 0.3 is 6.03 Å². The normalized spacial score (nSPS) is 9.50. The summed E-state index contributed by atoms with van der Waals surface area (Å²) in [7, 11) is 3.11. The molecule has 0 aliphatic rings. The number of urea groups is 1. The van der Waals surface area contributed by atoms with Crippen LogP contribution in [0.25, 0.3) is 0 Å². The summed E-state index contributed by atoms with van der Waals surface area (Å²) >= 11 is 0. The lowest BCUT2D eigenvalue weighted by molar-refractivity contribution is 0.222. The Labute approximate surface area is 119 Å². The molecular formula is C15H20N2O3. The first-order chi connectivity index (χ1) is 9.65. The number of rotatable bonds is 7. The maximum Gasteiger partial charge on any atom is 0.322 e. The standard InChI is InChI=1S/C15H20N2O3/c1-5-9-17(10-6-2)15(18)16-13-8-7-12(19-3)11-14(13)20-4/h5-8,11H,1-2,9-10H2,3-4H3,(H,16,18). The van der Waals surface area contributed by atoms with E-state index in [-0.39, 0.29) is 6.03 Å². The molecule has 1 rings (SSSR count). The Morgan fingerprint density at radius 3 is 2.40 bits per heavy atom. The number of carbonyl (C=O) groups is 1. The first-order valence-corrected chi connectivity index (χ1v) is 6.16. The van der Waals surface area contributed by atoms with E-state index >= 15 is 0 Å². The number of anilines is 1. The number of ether oxygens (including phenoxy) is 2. The summed E-state index contributed by atoms with van der Waals surface area (Å²) in [4.78, 5) is 13.7. The molecule has 0 aliphatic carbocycles. The van der Waals surface area contributed by atoms with Crippen LogP contribution in [0.3, 0.4) is 0 Å². The number of benzene rings is 1. The van der Waals surface area contributed by atoms with Crippen LogP contribution in [0, 0.1) is 0 Å². The van der Waals surface area contributed by atoms with E-state index in [4.69, 9.17) is 9.47 Å². The second kappa shape index (κ2) is 7.89. The minimum atomic E-state index is -0.242. The molecule has 20 heavy (non-hydrogen) atoms. The Hall–Kier alpha value is -2.43. The van der Waals surface area contributed by atoms with Crippen molar-refractivity contribution in [2.24, 2.45) is 0 Å². The molecule has 0 aliphatic heterocycles. The first-order valence-electron chi connectivity index (χ1n) is 6.16. The molecule has 108 valence electrons. The minimum absolute atomic E-state index is 0.242. The summed E-state index contributed by atoms with van der Waals surface area (Å²) in [5, 5.41) is 2.79. The van der Waals surface area contributed by atoms with Crippen molar-refractivity contribution >= 4 is 11.7 Å². The number of hydrogen-bond acceptors (Lipinski definition) is 3. The van der Waals surface area contributed by atoms with Gasteiger partial charge in [0.05, 0.1) is 19.9 Å². The van der Waals surface area contributed by atoms with Crippen molar-refractivity contribution in [3.63, 3.8) is 0 Å². The topological polar surface area (TPSA) is 50.8 Å². The van der Waals surface area contributed by atoms with Crippen LogP contribution in [0.1, 0.15) is 0 Å². The van der Waals surface area contributed by atoms with Crippen molar-refractivity contribution < 1.29 is 14.3 Å². The van der Waals surface area contributed by atoms with E-state index in [9.17, 15) is 4.79 Å². The van der Waals surface area contributed by atoms with Crippen LogP contribution in [-0.4, -0.2) is 38.2 Å². The summed E-state index contributed by atoms with van der Waals surface area (Å²) in [6.07, 6.45) is 3.32. The van der Waals surface area contributed by atoms with Crippen LogP contribution in [0.15, 0.2) is 43.5 Å². The van der Waals surface area contributed by atoms with Gasteiger partial charge in [0.15, 0.2) is 0 Å². The van der Waals surface area contributed by atoms with Gasteiger partial charge in [-0.3, -0.25) is 0 Å². The molecule has 0 saturated carbocycles. The van der Waals surface area contributed by atoms with Crippen LogP contribution >= 0.6 is 0 Å². The fraction of sp³-hybridized carbons (Fsp3) is 0.267. The van der Waals surface area contributed by atoms with Crippen LogP contribution in [0.4, 0.5) is 10.5 Å². The summed E-state index contributed by atoms with van der Waals surface area (Å²) in [5.41, 5.74) is 0.580. The summed E-state index contributed by atoms with van der Waals surface area (Å²) in [6.45, 7) is 8.14. The van der Waals surface area contributed by atoms with Gasteiger partial charge in [0.1, 0.15) is 11.5 Å². The van der Waals surface area contributed by atoms with Crippen LogP contribution < -0.4 is 14.8 Å². The van der Waals surface area contributed by atoms with Crippen molar-refractivity contribution in [2.75, 3.05) is 32.6 Å². The molecule has 1 aromatic rings. The molecular weight excluding hydrogens is 256 g/mol. The molecule has 5 heteroatoms. The molecule has 5 nitrogen and oxygen atoms in total. The number of nitrogens with zero attached hydrogens (tertiary/aromatic N) is 1. The van der Waals surface area contributed by atoms with E-state index in [2.05, 4.69) is 18.5 Å². The average molecular weight is 276 g/mol. The SMILES string of the molecule is C=CCN(CC=C)C(=O)Nc1ccc(OC)cc1OC. The summed E-state index contributed by atoms with van der Waals surface area (Å²) in [5.74, 6) is 1.20. The Morgan fingerprint density at radius 1 is 1.25 bits per heavy atom. The van der Waals surface area contributed by atoms with Gasteiger partial charge in [-0.2, -0.15) is 0 Å². The van der Waals surface area contributed by atoms with E-state index < -0.39 is 0 Å². The molecule has 0 heterocycles. The lowest BCUT2D eigenvalue weighted by atomic mass is 10.2. The fourth-order valence-electron chi connectivity index (χ4n) is 1.65. The molecule has 2 amide bonds. The van der Waals surface area contributed by atoms with Gasteiger partial charge in [-0.1, -0.05) is 12.2 Å². The molecule has 0 spiro atoms. The highest BCUT2D eigenvalue weighted by Crippen LogP contribution is 2.29. The Morgan fingerprint density at radius 2 is 1.90 bits per heavy atom. The first kappa shape index (κ1) is 15.6. The fourth-order valence-corrected chi connectivity index (χ4v) is 1.65. The predicted octanol–water partition coefficient (Wildman–Crippen LogP) is 2.91. The van der Waals surface area contributed by atoms with E-state index in [0.29, 0.717) is 30.3 Å². The molecule has 0 fully saturated rings. The van der Waals surface area contributed by atoms with Gasteiger partial charge in [0, 0.05) is 19.2 Å². The highest BCUT2D eigenvalue weighted by atomic mass is 16.5. The number of carbonyl (C=O) groups excluding carboxylic acids is 1. The quantitative estimate of drug-likeness (QED) is 0.779. The molecule has 1 aromatic carbocycles. The van der Waals surface area contributed by atoms with Crippen LogP contribution in [-0.2, 0) is 0 Å². The zero-order valence-corrected chi connectivity index (χ0v) is 11.9. The number of hydrogen-bond donors (Lipinski definition) is 1. The van der Waals surface area contributed by atoms with Crippen molar-refractivity contribution in [2.45, 2.75) is 0 Å². The maximum absolute atomic E-state index is 12.1. The highest BCUT2D eigenvalue weighted by Gasteiger charge is 2.13. The van der Waals surface area contributed by atoms with Gasteiger partial charge < -0.3 is 19.7 Å². The third-order valence-electron chi connectivity index (χ3n) is 2.64. The van der Waals surface area contributed by atoms with Crippen molar-refractivity contribution in [3.05, 3.63) is 43.5 Å². The van der Waals surface area contributed by atoms with E-state index in [0.717, 1.165) is 0 Å². The number of methoxy groups -OCH3 is 2. The van der Waals surface area contributed by atoms with Gasteiger partial charge in [0.25, 0.3) is 0 Å². The number of nitrogens with one attached hydrogen (secondary N) is 1. The number of amides is 2. The van der Waals surface area contributed by atoms with Gasteiger partial charge in [0.2, 0.25) is 0 Å². The second-order valence-corrected chi connectivity index (χ2v) is 3.98. The largest absolute Gasteiger partial charge is 0.497 e. The second-order valence-electron chi connectivity index (χ2n) is 3.98. The van der Waals surface area contributed by atoms with E-state index in [1.807, 2.05) is 0 Å². The molecule has 0 radical (unpaired) electrons. The summed E-state index contributed by atoms with van der Waals surface area (Å²) in [6, 6.07) is 4.95. The molecule has 0 unspecified atom stereocenters. The highest BCUT2D eigenvalue weighted by molar-refractivity contribution is 5.91. The molecule has 1 N–H and O–H groups in total. The van der Waals surface area contributed by atoms with Gasteiger partial charge in [-0.15, -0.1) is 13.2 Å². The average Bonchev–Trinajstić information content (AvgIpc) is 2.47. The Kier molecular flexibility index (Phi) is 6.16. The zero-order valence-electron chi connectivity index (χ0n) is 11.9. The lowest BCUT2D eigenvalue weighted by Gasteiger charge is -2.20. The molecule has 0 bridgehead atoms. The van der Waals surface area contributed by atoms with Crippen LogP contribution in [0.2, 0.25) is 0 Å². The van der Waals surface area contributed by atoms with Crippen molar-refractivity contribution in [1.29, 1.82) is 0 Å². The molecule has 0 aromatic heterocycles. The van der Waals surface area contributed by atoms with Gasteiger partial charge in [-0.05, 0) is 12.1 Å². The Bertz CT molecular complexity index is 476. The maximum atomic E-state index is 12.1. The lowest BCUT2D eigenvalue weighted by Crippen LogP contribution is -2.35. The molecule has 0 saturated heterocycles. The van der Waals surface area contributed by atoms with E-state index in [1.54, 1.807) is 42.4 Å². The summed E-state index contributed by atoms with van der Waals surface area (Å²) < 4.78 is 10.3. The van der Waals surface area contributed by atoms with Crippen molar-refractivity contribution in [3.8, 4) is 11.5 Å². The molecule has 0 atom stereocenters.